The fourth-order valence-electron chi connectivity index (χ4n) is 2.57. The van der Waals surface area contributed by atoms with Crippen molar-refractivity contribution < 1.29 is 0 Å². The molecule has 0 saturated heterocycles. The Labute approximate surface area is 120 Å². The largest absolute Gasteiger partial charge is 0.323 e. The molecule has 0 fully saturated rings. The number of fused-ring (bicyclic) bond motifs is 1. The summed E-state index contributed by atoms with van der Waals surface area (Å²) in [6, 6.07) is 8.39. The van der Waals surface area contributed by atoms with E-state index in [1.807, 2.05) is 19.2 Å². The Morgan fingerprint density at radius 2 is 2.05 bits per heavy atom. The average Bonchev–Trinajstić information content (AvgIpc) is 3.04. The third kappa shape index (κ3) is 2.19. The highest BCUT2D eigenvalue weighted by atomic mass is 32.1. The molecule has 0 radical (unpaired) electrons. The van der Waals surface area contributed by atoms with E-state index in [9.17, 15) is 4.79 Å². The number of rotatable bonds is 4. The maximum atomic E-state index is 11.3. The van der Waals surface area contributed by atoms with Crippen molar-refractivity contribution in [1.29, 1.82) is 0 Å². The van der Waals surface area contributed by atoms with Crippen LogP contribution in [0.25, 0.3) is 11.0 Å². The molecule has 0 aliphatic rings. The highest BCUT2D eigenvalue weighted by Gasteiger charge is 2.17. The SMILES string of the molecule is CCc1ccsc1C(NC)c1ccc2[nH]c(=O)[nH]c2c1. The molecule has 0 spiro atoms. The Bertz CT molecular complexity index is 784. The molecule has 3 aromatic rings. The molecule has 4 nitrogen and oxygen atoms in total. The molecule has 1 atom stereocenters. The second kappa shape index (κ2) is 5.26. The number of nitrogens with one attached hydrogen (secondary N) is 3. The van der Waals surface area contributed by atoms with Crippen molar-refractivity contribution in [3.8, 4) is 0 Å². The summed E-state index contributed by atoms with van der Waals surface area (Å²) in [6.07, 6.45) is 1.03. The first-order valence-electron chi connectivity index (χ1n) is 6.68. The van der Waals surface area contributed by atoms with Crippen LogP contribution in [-0.4, -0.2) is 17.0 Å². The first kappa shape index (κ1) is 13.1. The molecule has 2 heterocycles. The number of aromatic nitrogens is 2. The van der Waals surface area contributed by atoms with Crippen molar-refractivity contribution in [3.05, 3.63) is 56.1 Å². The van der Waals surface area contributed by atoms with Gasteiger partial charge in [0.15, 0.2) is 0 Å². The van der Waals surface area contributed by atoms with E-state index in [4.69, 9.17) is 0 Å². The monoisotopic (exact) mass is 287 g/mol. The van der Waals surface area contributed by atoms with Gasteiger partial charge in [-0.25, -0.2) is 4.79 Å². The molecule has 1 unspecified atom stereocenters. The van der Waals surface area contributed by atoms with E-state index in [1.54, 1.807) is 11.3 Å². The lowest BCUT2D eigenvalue weighted by Gasteiger charge is -2.17. The summed E-state index contributed by atoms with van der Waals surface area (Å²) in [5.74, 6) is 0. The number of aryl methyl sites for hydroxylation is 1. The standard InChI is InChI=1S/C15H17N3OS/c1-3-9-6-7-20-14(9)13(16-2)10-4-5-11-12(8-10)18-15(19)17-11/h4-8,13,16H,3H2,1-2H3,(H2,17,18,19). The third-order valence-corrected chi connectivity index (χ3v) is 4.61. The second-order valence-electron chi connectivity index (χ2n) is 4.77. The Morgan fingerprint density at radius 1 is 1.25 bits per heavy atom. The number of benzene rings is 1. The highest BCUT2D eigenvalue weighted by molar-refractivity contribution is 7.10. The van der Waals surface area contributed by atoms with E-state index in [0.29, 0.717) is 0 Å². The predicted octanol–water partition coefficient (Wildman–Crippen LogP) is 2.79. The van der Waals surface area contributed by atoms with Crippen LogP contribution >= 0.6 is 11.3 Å². The van der Waals surface area contributed by atoms with Gasteiger partial charge >= 0.3 is 5.69 Å². The smallest absolute Gasteiger partial charge is 0.309 e. The lowest BCUT2D eigenvalue weighted by molar-refractivity contribution is 0.698. The molecule has 0 amide bonds. The van der Waals surface area contributed by atoms with E-state index < -0.39 is 0 Å². The molecule has 3 N–H and O–H groups in total. The zero-order valence-corrected chi connectivity index (χ0v) is 12.3. The number of thiophene rings is 1. The summed E-state index contributed by atoms with van der Waals surface area (Å²) in [5.41, 5.74) is 4.06. The van der Waals surface area contributed by atoms with Gasteiger partial charge in [0.2, 0.25) is 0 Å². The van der Waals surface area contributed by atoms with Gasteiger partial charge in [-0.05, 0) is 48.2 Å². The zero-order valence-electron chi connectivity index (χ0n) is 11.5. The van der Waals surface area contributed by atoms with Gasteiger partial charge in [-0.2, -0.15) is 0 Å². The van der Waals surface area contributed by atoms with Crippen molar-refractivity contribution in [2.45, 2.75) is 19.4 Å². The molecule has 2 aromatic heterocycles. The highest BCUT2D eigenvalue weighted by Crippen LogP contribution is 2.30. The minimum Gasteiger partial charge on any atom is -0.309 e. The van der Waals surface area contributed by atoms with E-state index in [-0.39, 0.29) is 11.7 Å². The normalized spacial score (nSPS) is 12.9. The van der Waals surface area contributed by atoms with Crippen LogP contribution < -0.4 is 11.0 Å². The molecular formula is C15H17N3OS. The van der Waals surface area contributed by atoms with Crippen LogP contribution in [0, 0.1) is 0 Å². The summed E-state index contributed by atoms with van der Waals surface area (Å²) in [4.78, 5) is 18.3. The molecule has 0 bridgehead atoms. The van der Waals surface area contributed by atoms with Gasteiger partial charge in [-0.1, -0.05) is 13.0 Å². The summed E-state index contributed by atoms with van der Waals surface area (Å²) in [7, 11) is 1.97. The first-order chi connectivity index (χ1) is 9.72. The Kier molecular flexibility index (Phi) is 3.46. The van der Waals surface area contributed by atoms with Gasteiger partial charge in [0.05, 0.1) is 17.1 Å². The van der Waals surface area contributed by atoms with Gasteiger partial charge < -0.3 is 15.3 Å². The van der Waals surface area contributed by atoms with E-state index in [0.717, 1.165) is 23.0 Å². The quantitative estimate of drug-likeness (QED) is 0.691. The van der Waals surface area contributed by atoms with Crippen molar-refractivity contribution in [3.63, 3.8) is 0 Å². The van der Waals surface area contributed by atoms with Gasteiger partial charge in [-0.3, -0.25) is 0 Å². The fraction of sp³-hybridized carbons (Fsp3) is 0.267. The van der Waals surface area contributed by atoms with Crippen LogP contribution in [0.5, 0.6) is 0 Å². The Morgan fingerprint density at radius 3 is 2.80 bits per heavy atom. The number of H-pyrrole nitrogens is 2. The Balaban J connectivity index is 2.08. The van der Waals surface area contributed by atoms with Crippen LogP contribution in [0.2, 0.25) is 0 Å². The van der Waals surface area contributed by atoms with Gasteiger partial charge in [-0.15, -0.1) is 11.3 Å². The number of hydrogen-bond donors (Lipinski definition) is 3. The number of imidazole rings is 1. The van der Waals surface area contributed by atoms with E-state index >= 15 is 0 Å². The molecule has 104 valence electrons. The summed E-state index contributed by atoms with van der Waals surface area (Å²) in [6.45, 7) is 2.17. The Hall–Kier alpha value is -1.85. The van der Waals surface area contributed by atoms with Crippen LogP contribution in [0.4, 0.5) is 0 Å². The van der Waals surface area contributed by atoms with Crippen molar-refractivity contribution in [1.82, 2.24) is 15.3 Å². The van der Waals surface area contributed by atoms with Gasteiger partial charge in [0.1, 0.15) is 0 Å². The molecule has 5 heteroatoms. The lowest BCUT2D eigenvalue weighted by atomic mass is 10.0. The van der Waals surface area contributed by atoms with Crippen LogP contribution in [0.1, 0.15) is 29.0 Å². The number of aromatic amines is 2. The van der Waals surface area contributed by atoms with E-state index in [1.165, 1.54) is 10.4 Å². The predicted molar refractivity (Wildman–Crippen MR) is 83.5 cm³/mol. The maximum absolute atomic E-state index is 11.3. The van der Waals surface area contributed by atoms with Gasteiger partial charge in [0, 0.05) is 4.88 Å². The third-order valence-electron chi connectivity index (χ3n) is 3.59. The van der Waals surface area contributed by atoms with Crippen molar-refractivity contribution >= 4 is 22.4 Å². The second-order valence-corrected chi connectivity index (χ2v) is 5.72. The average molecular weight is 287 g/mol. The van der Waals surface area contributed by atoms with Gasteiger partial charge in [0.25, 0.3) is 0 Å². The maximum Gasteiger partial charge on any atom is 0.323 e. The molecule has 20 heavy (non-hydrogen) atoms. The molecule has 0 saturated carbocycles. The lowest BCUT2D eigenvalue weighted by Crippen LogP contribution is -2.17. The van der Waals surface area contributed by atoms with Crippen LogP contribution in [0.3, 0.4) is 0 Å². The molecule has 3 rings (SSSR count). The topological polar surface area (TPSA) is 60.7 Å². The zero-order chi connectivity index (χ0) is 14.1. The summed E-state index contributed by atoms with van der Waals surface area (Å²) >= 11 is 1.77. The van der Waals surface area contributed by atoms with Crippen molar-refractivity contribution in [2.24, 2.45) is 0 Å². The molecule has 0 aliphatic carbocycles. The van der Waals surface area contributed by atoms with Crippen LogP contribution in [0.15, 0.2) is 34.4 Å². The molecule has 0 aliphatic heterocycles. The minimum atomic E-state index is -0.163. The summed E-state index contributed by atoms with van der Waals surface area (Å²) in [5, 5.41) is 5.51. The first-order valence-corrected chi connectivity index (χ1v) is 7.56. The molecular weight excluding hydrogens is 270 g/mol. The summed E-state index contributed by atoms with van der Waals surface area (Å²) < 4.78 is 0. The molecule has 1 aromatic carbocycles. The van der Waals surface area contributed by atoms with Crippen LogP contribution in [-0.2, 0) is 6.42 Å². The minimum absolute atomic E-state index is 0.160. The fourth-order valence-corrected chi connectivity index (χ4v) is 3.70. The van der Waals surface area contributed by atoms with Crippen molar-refractivity contribution in [2.75, 3.05) is 7.05 Å². The van der Waals surface area contributed by atoms with E-state index in [2.05, 4.69) is 39.7 Å². The number of hydrogen-bond acceptors (Lipinski definition) is 3.